The van der Waals surface area contributed by atoms with Crippen molar-refractivity contribution >= 4 is 33.4 Å². The van der Waals surface area contributed by atoms with Crippen LogP contribution in [0.1, 0.15) is 17.9 Å². The molecule has 28 heavy (non-hydrogen) atoms. The maximum absolute atomic E-state index is 13.3. The Hall–Kier alpha value is -2.23. The number of nitrogens with one attached hydrogen (secondary N) is 1. The van der Waals surface area contributed by atoms with Gasteiger partial charge in [0.25, 0.3) is 0 Å². The Morgan fingerprint density at radius 2 is 1.86 bits per heavy atom. The van der Waals surface area contributed by atoms with Crippen molar-refractivity contribution in [2.75, 3.05) is 31.8 Å². The molecule has 1 unspecified atom stereocenters. The first-order valence-electron chi connectivity index (χ1n) is 8.60. The smallest absolute Gasteiger partial charge is 0.244 e. The predicted molar refractivity (Wildman–Crippen MR) is 109 cm³/mol. The third kappa shape index (κ3) is 4.11. The number of ether oxygens (including phenoxy) is 2. The average molecular weight is 423 g/mol. The zero-order chi connectivity index (χ0) is 20.3. The molecule has 0 saturated carbocycles. The number of nitrogens with zero attached hydrogens (tertiary/aromatic N) is 1. The lowest BCUT2D eigenvalue weighted by molar-refractivity contribution is -0.114. The standard InChI is InChI=1S/C19H22N2O5S2/c1-13(22)20-14-4-7-16(8-5-14)28(23,24)21-10-11-27-19(21)17-12-15(25-2)6-9-18(17)26-3/h4-9,12,19H,10-11H2,1-3H3,(H,20,22). The summed E-state index contributed by atoms with van der Waals surface area (Å²) in [4.78, 5) is 11.3. The molecule has 0 aliphatic carbocycles. The minimum atomic E-state index is -3.72. The molecule has 0 spiro atoms. The van der Waals surface area contributed by atoms with E-state index in [1.165, 1.54) is 35.1 Å². The molecule has 1 atom stereocenters. The molecule has 7 nitrogen and oxygen atoms in total. The Bertz CT molecular complexity index is 961. The SMILES string of the molecule is COc1ccc(OC)c(C2SCCN2S(=O)(=O)c2ccc(NC(C)=O)cc2)c1. The fraction of sp³-hybridized carbons (Fsp3) is 0.316. The van der Waals surface area contributed by atoms with Crippen molar-refractivity contribution in [3.8, 4) is 11.5 Å². The number of rotatable bonds is 6. The molecule has 150 valence electrons. The topological polar surface area (TPSA) is 84.9 Å². The number of carbonyl (C=O) groups is 1. The third-order valence-electron chi connectivity index (χ3n) is 4.33. The molecule has 2 aromatic carbocycles. The molecule has 0 bridgehead atoms. The van der Waals surface area contributed by atoms with Crippen molar-refractivity contribution in [3.05, 3.63) is 48.0 Å². The zero-order valence-electron chi connectivity index (χ0n) is 15.8. The van der Waals surface area contributed by atoms with E-state index in [1.54, 1.807) is 38.5 Å². The van der Waals surface area contributed by atoms with Gasteiger partial charge in [-0.1, -0.05) is 0 Å². The average Bonchev–Trinajstić information content (AvgIpc) is 3.18. The van der Waals surface area contributed by atoms with E-state index in [-0.39, 0.29) is 10.8 Å². The number of hydrogen-bond donors (Lipinski definition) is 1. The van der Waals surface area contributed by atoms with Gasteiger partial charge in [-0.25, -0.2) is 8.42 Å². The van der Waals surface area contributed by atoms with Crippen LogP contribution in [0.4, 0.5) is 5.69 Å². The minimum absolute atomic E-state index is 0.177. The number of anilines is 1. The van der Waals surface area contributed by atoms with Crippen LogP contribution in [-0.4, -0.2) is 45.1 Å². The van der Waals surface area contributed by atoms with E-state index in [4.69, 9.17) is 9.47 Å². The maximum Gasteiger partial charge on any atom is 0.244 e. The lowest BCUT2D eigenvalue weighted by Gasteiger charge is -2.25. The Balaban J connectivity index is 1.95. The quantitative estimate of drug-likeness (QED) is 0.770. The van der Waals surface area contributed by atoms with Crippen LogP contribution in [0.2, 0.25) is 0 Å². The van der Waals surface area contributed by atoms with Crippen molar-refractivity contribution in [2.45, 2.75) is 17.2 Å². The zero-order valence-corrected chi connectivity index (χ0v) is 17.5. The lowest BCUT2D eigenvalue weighted by atomic mass is 10.2. The van der Waals surface area contributed by atoms with E-state index < -0.39 is 15.4 Å². The van der Waals surface area contributed by atoms with E-state index in [0.29, 0.717) is 29.5 Å². The molecule has 3 rings (SSSR count). The fourth-order valence-corrected chi connectivity index (χ4v) is 6.27. The number of thioether (sulfide) groups is 1. The van der Waals surface area contributed by atoms with Gasteiger partial charge in [-0.3, -0.25) is 4.79 Å². The summed E-state index contributed by atoms with van der Waals surface area (Å²) in [5, 5.41) is 2.22. The van der Waals surface area contributed by atoms with Crippen molar-refractivity contribution in [3.63, 3.8) is 0 Å². The second-order valence-corrected chi connectivity index (χ2v) is 9.23. The van der Waals surface area contributed by atoms with E-state index >= 15 is 0 Å². The molecular formula is C19H22N2O5S2. The van der Waals surface area contributed by atoms with Gasteiger partial charge in [-0.2, -0.15) is 4.31 Å². The second-order valence-electron chi connectivity index (χ2n) is 6.15. The highest BCUT2D eigenvalue weighted by Crippen LogP contribution is 2.45. The van der Waals surface area contributed by atoms with E-state index in [9.17, 15) is 13.2 Å². The monoisotopic (exact) mass is 422 g/mol. The van der Waals surface area contributed by atoms with Gasteiger partial charge in [-0.05, 0) is 42.5 Å². The Morgan fingerprint density at radius 3 is 2.46 bits per heavy atom. The van der Waals surface area contributed by atoms with E-state index in [0.717, 1.165) is 5.56 Å². The minimum Gasteiger partial charge on any atom is -0.497 e. The molecule has 1 aliphatic heterocycles. The summed E-state index contributed by atoms with van der Waals surface area (Å²) >= 11 is 1.54. The molecule has 1 fully saturated rings. The maximum atomic E-state index is 13.3. The van der Waals surface area contributed by atoms with Crippen LogP contribution in [0.25, 0.3) is 0 Å². The third-order valence-corrected chi connectivity index (χ3v) is 7.59. The largest absolute Gasteiger partial charge is 0.497 e. The number of benzene rings is 2. The fourth-order valence-electron chi connectivity index (χ4n) is 3.03. The normalized spacial score (nSPS) is 17.3. The molecule has 1 heterocycles. The van der Waals surface area contributed by atoms with Gasteiger partial charge in [0.2, 0.25) is 15.9 Å². The number of carbonyl (C=O) groups excluding carboxylic acids is 1. The summed E-state index contributed by atoms with van der Waals surface area (Å²) in [6.07, 6.45) is 0. The Labute approximate surface area is 169 Å². The molecule has 1 N–H and O–H groups in total. The molecule has 1 amide bonds. The van der Waals surface area contributed by atoms with E-state index in [2.05, 4.69) is 5.32 Å². The van der Waals surface area contributed by atoms with Gasteiger partial charge in [0.15, 0.2) is 0 Å². The van der Waals surface area contributed by atoms with Gasteiger partial charge in [-0.15, -0.1) is 11.8 Å². The van der Waals surface area contributed by atoms with Gasteiger partial charge in [0.1, 0.15) is 11.5 Å². The molecule has 2 aromatic rings. The van der Waals surface area contributed by atoms with Crippen LogP contribution in [0.3, 0.4) is 0 Å². The highest BCUT2D eigenvalue weighted by Gasteiger charge is 2.38. The molecule has 0 aromatic heterocycles. The highest BCUT2D eigenvalue weighted by molar-refractivity contribution is 8.01. The van der Waals surface area contributed by atoms with Crippen LogP contribution in [0.15, 0.2) is 47.4 Å². The van der Waals surface area contributed by atoms with Crippen LogP contribution in [-0.2, 0) is 14.8 Å². The predicted octanol–water partition coefficient (Wildman–Crippen LogP) is 3.10. The van der Waals surface area contributed by atoms with E-state index in [1.807, 2.05) is 6.07 Å². The van der Waals surface area contributed by atoms with Gasteiger partial charge >= 0.3 is 0 Å². The Kier molecular flexibility index (Phi) is 6.17. The number of hydrogen-bond acceptors (Lipinski definition) is 6. The van der Waals surface area contributed by atoms with Crippen LogP contribution >= 0.6 is 11.8 Å². The summed E-state index contributed by atoms with van der Waals surface area (Å²) in [6.45, 7) is 1.80. The van der Waals surface area contributed by atoms with Gasteiger partial charge < -0.3 is 14.8 Å². The molecule has 0 radical (unpaired) electrons. The van der Waals surface area contributed by atoms with Gasteiger partial charge in [0.05, 0.1) is 24.5 Å². The summed E-state index contributed by atoms with van der Waals surface area (Å²) < 4.78 is 38.7. The molecule has 9 heteroatoms. The molecule has 1 saturated heterocycles. The van der Waals surface area contributed by atoms with Crippen molar-refractivity contribution in [1.29, 1.82) is 0 Å². The Morgan fingerprint density at radius 1 is 1.14 bits per heavy atom. The second kappa shape index (κ2) is 8.42. The lowest BCUT2D eigenvalue weighted by Crippen LogP contribution is -2.30. The number of sulfonamides is 1. The molecular weight excluding hydrogens is 400 g/mol. The number of amides is 1. The van der Waals surface area contributed by atoms with Gasteiger partial charge in [0, 0.05) is 30.5 Å². The van der Waals surface area contributed by atoms with Crippen LogP contribution in [0, 0.1) is 0 Å². The van der Waals surface area contributed by atoms with Crippen molar-refractivity contribution in [2.24, 2.45) is 0 Å². The summed E-state index contributed by atoms with van der Waals surface area (Å²) in [6, 6.07) is 11.5. The highest BCUT2D eigenvalue weighted by atomic mass is 32.2. The molecule has 1 aliphatic rings. The summed E-state index contributed by atoms with van der Waals surface area (Å²) in [5.74, 6) is 1.72. The van der Waals surface area contributed by atoms with Crippen molar-refractivity contribution in [1.82, 2.24) is 4.31 Å². The van der Waals surface area contributed by atoms with Crippen LogP contribution in [0.5, 0.6) is 11.5 Å². The first-order valence-corrected chi connectivity index (χ1v) is 11.1. The van der Waals surface area contributed by atoms with Crippen LogP contribution < -0.4 is 14.8 Å². The van der Waals surface area contributed by atoms with Crippen molar-refractivity contribution < 1.29 is 22.7 Å². The number of methoxy groups -OCH3 is 2. The first kappa shape index (κ1) is 20.5. The summed E-state index contributed by atoms with van der Waals surface area (Å²) in [7, 11) is -0.594. The summed E-state index contributed by atoms with van der Waals surface area (Å²) in [5.41, 5.74) is 1.30. The first-order chi connectivity index (χ1) is 13.4.